The van der Waals surface area contributed by atoms with Crippen LogP contribution in [0.1, 0.15) is 67.7 Å². The predicted molar refractivity (Wildman–Crippen MR) is 82.8 cm³/mol. The van der Waals surface area contributed by atoms with Crippen LogP contribution in [0.15, 0.2) is 12.3 Å². The zero-order chi connectivity index (χ0) is 16.2. The Balaban J connectivity index is 4.94. The number of allylic oxidation sites excluding steroid dienone is 1. The fraction of sp³-hybridized carbons (Fsp3) is 0.812. The average molecular weight is 285 g/mol. The second kappa shape index (κ2) is 6.51. The Morgan fingerprint density at radius 3 is 1.95 bits per heavy atom. The van der Waals surface area contributed by atoms with E-state index in [9.17, 15) is 9.90 Å². The lowest BCUT2D eigenvalue weighted by molar-refractivity contribution is 0.0418. The third kappa shape index (κ3) is 5.85. The highest BCUT2D eigenvalue weighted by atomic mass is 16.6. The van der Waals surface area contributed by atoms with Crippen LogP contribution in [0, 0.1) is 5.41 Å². The maximum atomic E-state index is 12.0. The fourth-order valence-electron chi connectivity index (χ4n) is 2.10. The van der Waals surface area contributed by atoms with Crippen molar-refractivity contribution in [2.45, 2.75) is 78.9 Å². The Morgan fingerprint density at radius 1 is 1.15 bits per heavy atom. The van der Waals surface area contributed by atoms with Crippen molar-refractivity contribution >= 4 is 6.09 Å². The molecule has 0 radical (unpaired) electrons. The minimum atomic E-state index is -0.520. The number of hydrogen-bond acceptors (Lipinski definition) is 3. The largest absolute Gasteiger partial charge is 0.512 e. The van der Waals surface area contributed by atoms with E-state index < -0.39 is 22.6 Å². The molecule has 0 heterocycles. The summed E-state index contributed by atoms with van der Waals surface area (Å²) in [5.74, 6) is 0.158. The van der Waals surface area contributed by atoms with Crippen LogP contribution in [0.4, 0.5) is 4.79 Å². The molecule has 4 nitrogen and oxygen atoms in total. The number of carbonyl (C=O) groups is 1. The standard InChI is InChI=1S/C16H31NO3/c1-9-15(7,12(3)18)11-16(8,10-2)17-13(19)20-14(4,5)6/h18H,3,9-11H2,1-2,4-8H3,(H,17,19). The average Bonchev–Trinajstić information content (AvgIpc) is 2.25. The molecule has 0 rings (SSSR count). The zero-order valence-electron chi connectivity index (χ0n) is 14.1. The van der Waals surface area contributed by atoms with Gasteiger partial charge in [-0.2, -0.15) is 0 Å². The Bertz CT molecular complexity index is 359. The molecule has 0 aromatic heterocycles. The Labute approximate surface area is 123 Å². The number of hydrogen-bond donors (Lipinski definition) is 2. The summed E-state index contributed by atoms with van der Waals surface area (Å²) in [7, 11) is 0. The first-order valence-electron chi connectivity index (χ1n) is 7.27. The molecule has 2 atom stereocenters. The van der Waals surface area contributed by atoms with Crippen molar-refractivity contribution in [1.82, 2.24) is 5.32 Å². The quantitative estimate of drug-likeness (QED) is 0.703. The van der Waals surface area contributed by atoms with Crippen LogP contribution in [0.3, 0.4) is 0 Å². The lowest BCUT2D eigenvalue weighted by Gasteiger charge is -2.39. The number of aliphatic hydroxyl groups excluding tert-OH is 1. The van der Waals surface area contributed by atoms with E-state index in [4.69, 9.17) is 4.74 Å². The number of carbonyl (C=O) groups excluding carboxylic acids is 1. The molecule has 20 heavy (non-hydrogen) atoms. The molecule has 1 amide bonds. The number of rotatable bonds is 6. The van der Waals surface area contributed by atoms with Crippen LogP contribution < -0.4 is 5.32 Å². The third-order valence-corrected chi connectivity index (χ3v) is 3.84. The Hall–Kier alpha value is -1.19. The number of amides is 1. The van der Waals surface area contributed by atoms with E-state index in [0.29, 0.717) is 6.42 Å². The van der Waals surface area contributed by atoms with Gasteiger partial charge in [-0.25, -0.2) is 4.79 Å². The second-order valence-electron chi connectivity index (χ2n) is 7.08. The summed E-state index contributed by atoms with van der Waals surface area (Å²) >= 11 is 0. The van der Waals surface area contributed by atoms with Crippen molar-refractivity contribution in [3.05, 3.63) is 12.3 Å². The predicted octanol–water partition coefficient (Wildman–Crippen LogP) is 4.56. The fourth-order valence-corrected chi connectivity index (χ4v) is 2.10. The van der Waals surface area contributed by atoms with Gasteiger partial charge >= 0.3 is 6.09 Å². The molecule has 0 aliphatic heterocycles. The van der Waals surface area contributed by atoms with E-state index >= 15 is 0 Å². The molecule has 0 saturated carbocycles. The molecule has 0 spiro atoms. The summed E-state index contributed by atoms with van der Waals surface area (Å²) in [5.41, 5.74) is -1.38. The molecule has 0 saturated heterocycles. The molecular formula is C16H31NO3. The van der Waals surface area contributed by atoms with Gasteiger partial charge in [0.05, 0.1) is 5.76 Å². The van der Waals surface area contributed by atoms with Gasteiger partial charge in [0.2, 0.25) is 0 Å². The Morgan fingerprint density at radius 2 is 1.65 bits per heavy atom. The smallest absolute Gasteiger partial charge is 0.408 e. The molecule has 0 aliphatic carbocycles. The molecule has 118 valence electrons. The van der Waals surface area contributed by atoms with Gasteiger partial charge in [0.1, 0.15) is 5.60 Å². The normalized spacial score (nSPS) is 17.8. The summed E-state index contributed by atoms with van der Waals surface area (Å²) < 4.78 is 5.31. The van der Waals surface area contributed by atoms with Gasteiger partial charge < -0.3 is 15.2 Å². The van der Waals surface area contributed by atoms with E-state index in [-0.39, 0.29) is 5.76 Å². The lowest BCUT2D eigenvalue weighted by Crippen LogP contribution is -2.50. The van der Waals surface area contributed by atoms with Crippen molar-refractivity contribution in [2.24, 2.45) is 5.41 Å². The van der Waals surface area contributed by atoms with Crippen LogP contribution in [-0.2, 0) is 4.74 Å². The molecule has 0 aliphatic rings. The van der Waals surface area contributed by atoms with Crippen LogP contribution >= 0.6 is 0 Å². The number of aliphatic hydroxyl groups is 1. The summed E-state index contributed by atoms with van der Waals surface area (Å²) in [6, 6.07) is 0. The van der Waals surface area contributed by atoms with Crippen LogP contribution in [0.5, 0.6) is 0 Å². The van der Waals surface area contributed by atoms with E-state index in [0.717, 1.165) is 12.8 Å². The van der Waals surface area contributed by atoms with Gasteiger partial charge in [0, 0.05) is 11.0 Å². The summed E-state index contributed by atoms with van der Waals surface area (Å²) in [6.07, 6.45) is 1.69. The van der Waals surface area contributed by atoms with E-state index in [2.05, 4.69) is 11.9 Å². The first-order valence-corrected chi connectivity index (χ1v) is 7.27. The molecule has 2 unspecified atom stereocenters. The number of alkyl carbamates (subject to hydrolysis) is 1. The van der Waals surface area contributed by atoms with Gasteiger partial charge in [-0.15, -0.1) is 0 Å². The molecule has 0 fully saturated rings. The van der Waals surface area contributed by atoms with Crippen LogP contribution in [-0.4, -0.2) is 22.3 Å². The molecule has 0 aromatic rings. The summed E-state index contributed by atoms with van der Waals surface area (Å²) in [5, 5.41) is 12.7. The molecule has 2 N–H and O–H groups in total. The number of ether oxygens (including phenoxy) is 1. The molecule has 4 heteroatoms. The van der Waals surface area contributed by atoms with Crippen molar-refractivity contribution in [3.63, 3.8) is 0 Å². The van der Waals surface area contributed by atoms with Crippen LogP contribution in [0.25, 0.3) is 0 Å². The highest BCUT2D eigenvalue weighted by Crippen LogP contribution is 2.38. The lowest BCUT2D eigenvalue weighted by atomic mass is 9.74. The topological polar surface area (TPSA) is 58.6 Å². The minimum Gasteiger partial charge on any atom is -0.512 e. The zero-order valence-corrected chi connectivity index (χ0v) is 14.1. The monoisotopic (exact) mass is 285 g/mol. The number of nitrogens with one attached hydrogen (secondary N) is 1. The van der Waals surface area contributed by atoms with E-state index in [1.165, 1.54) is 0 Å². The SMILES string of the molecule is C=C(O)C(C)(CC)CC(C)(CC)NC(=O)OC(C)(C)C. The van der Waals surface area contributed by atoms with Crippen molar-refractivity contribution < 1.29 is 14.6 Å². The minimum absolute atomic E-state index is 0.158. The van der Waals surface area contributed by atoms with Gasteiger partial charge in [0.15, 0.2) is 0 Å². The van der Waals surface area contributed by atoms with Crippen molar-refractivity contribution in [1.29, 1.82) is 0 Å². The summed E-state index contributed by atoms with van der Waals surface area (Å²) in [6.45, 7) is 17.1. The second-order valence-corrected chi connectivity index (χ2v) is 7.08. The van der Waals surface area contributed by atoms with Gasteiger partial charge in [-0.05, 0) is 47.0 Å². The highest BCUT2D eigenvalue weighted by molar-refractivity contribution is 5.68. The van der Waals surface area contributed by atoms with Gasteiger partial charge in [-0.1, -0.05) is 27.4 Å². The maximum absolute atomic E-state index is 12.0. The van der Waals surface area contributed by atoms with Crippen LogP contribution in [0.2, 0.25) is 0 Å². The molecular weight excluding hydrogens is 254 g/mol. The summed E-state index contributed by atoms with van der Waals surface area (Å²) in [4.78, 5) is 12.0. The first kappa shape index (κ1) is 18.8. The maximum Gasteiger partial charge on any atom is 0.408 e. The third-order valence-electron chi connectivity index (χ3n) is 3.84. The first-order chi connectivity index (χ1) is 8.87. The molecule has 0 bridgehead atoms. The van der Waals surface area contributed by atoms with Crippen molar-refractivity contribution in [2.75, 3.05) is 0 Å². The van der Waals surface area contributed by atoms with Crippen molar-refractivity contribution in [3.8, 4) is 0 Å². The van der Waals surface area contributed by atoms with E-state index in [1.807, 2.05) is 48.5 Å². The highest BCUT2D eigenvalue weighted by Gasteiger charge is 2.37. The van der Waals surface area contributed by atoms with Gasteiger partial charge in [-0.3, -0.25) is 0 Å². The van der Waals surface area contributed by atoms with E-state index in [1.54, 1.807) is 0 Å². The molecule has 0 aromatic carbocycles. The Kier molecular flexibility index (Phi) is 6.12. The van der Waals surface area contributed by atoms with Gasteiger partial charge in [0.25, 0.3) is 0 Å².